The van der Waals surface area contributed by atoms with E-state index in [9.17, 15) is 17.9 Å². The number of nitrogens with zero attached hydrogens (tertiary/aromatic N) is 1. The molecule has 7 heteroatoms. The van der Waals surface area contributed by atoms with Gasteiger partial charge >= 0.3 is 0 Å². The summed E-state index contributed by atoms with van der Waals surface area (Å²) in [6, 6.07) is -1.19. The molecule has 2 fully saturated rings. The number of aliphatic hydroxyl groups is 1. The van der Waals surface area contributed by atoms with Gasteiger partial charge in [-0.15, -0.1) is 0 Å². The minimum atomic E-state index is -3.43. The monoisotopic (exact) mass is 224 g/mol. The Hall–Kier alpha value is -0.240. The zero-order valence-electron chi connectivity index (χ0n) is 7.72. The third kappa shape index (κ3) is 1.44. The average molecular weight is 224 g/mol. The molecule has 0 radical (unpaired) electrons. The van der Waals surface area contributed by atoms with Gasteiger partial charge in [-0.3, -0.25) is 0 Å². The fourth-order valence-electron chi connectivity index (χ4n) is 2.21. The van der Waals surface area contributed by atoms with E-state index >= 15 is 0 Å². The standard InChI is InChI=1S/C7H13FN2O3S/c1-14(12,13)10-3-5(11)6-7(10)4(8)2-9-6/h4-7,9,11H,2-3H2,1H3/t4?,5-,6?,7?/m1/s1. The molecule has 2 saturated heterocycles. The van der Waals surface area contributed by atoms with Crippen LogP contribution in [-0.4, -0.2) is 61.5 Å². The third-order valence-corrected chi connectivity index (χ3v) is 4.07. The first kappa shape index (κ1) is 10.3. The van der Waals surface area contributed by atoms with Crippen LogP contribution in [-0.2, 0) is 10.0 Å². The maximum absolute atomic E-state index is 13.4. The fraction of sp³-hybridized carbons (Fsp3) is 1.00. The molecule has 0 saturated carbocycles. The third-order valence-electron chi connectivity index (χ3n) is 2.83. The van der Waals surface area contributed by atoms with Crippen molar-refractivity contribution in [2.24, 2.45) is 0 Å². The quantitative estimate of drug-likeness (QED) is 0.557. The van der Waals surface area contributed by atoms with Crippen LogP contribution in [0.1, 0.15) is 0 Å². The van der Waals surface area contributed by atoms with E-state index in [1.54, 1.807) is 0 Å². The maximum Gasteiger partial charge on any atom is 0.211 e. The largest absolute Gasteiger partial charge is 0.390 e. The second-order valence-corrected chi connectivity index (χ2v) is 5.78. The minimum absolute atomic E-state index is 0.0123. The van der Waals surface area contributed by atoms with Crippen LogP contribution in [0.2, 0.25) is 0 Å². The van der Waals surface area contributed by atoms with Gasteiger partial charge in [-0.1, -0.05) is 0 Å². The van der Waals surface area contributed by atoms with Gasteiger partial charge in [0.1, 0.15) is 6.17 Å². The summed E-state index contributed by atoms with van der Waals surface area (Å²) >= 11 is 0. The summed E-state index contributed by atoms with van der Waals surface area (Å²) in [6.07, 6.45) is -1.00. The molecule has 2 heterocycles. The summed E-state index contributed by atoms with van der Waals surface area (Å²) in [6.45, 7) is 0.0972. The lowest BCUT2D eigenvalue weighted by Gasteiger charge is -2.21. The second-order valence-electron chi connectivity index (χ2n) is 3.84. The lowest BCUT2D eigenvalue weighted by Crippen LogP contribution is -2.42. The number of nitrogens with one attached hydrogen (secondary N) is 1. The predicted molar refractivity (Wildman–Crippen MR) is 48.0 cm³/mol. The van der Waals surface area contributed by atoms with E-state index in [1.807, 2.05) is 0 Å². The number of hydrogen-bond donors (Lipinski definition) is 2. The Morgan fingerprint density at radius 2 is 2.21 bits per heavy atom. The van der Waals surface area contributed by atoms with E-state index in [0.717, 1.165) is 10.6 Å². The van der Waals surface area contributed by atoms with E-state index in [4.69, 9.17) is 0 Å². The molecule has 0 spiro atoms. The minimum Gasteiger partial charge on any atom is -0.390 e. The first-order valence-electron chi connectivity index (χ1n) is 4.43. The van der Waals surface area contributed by atoms with Crippen molar-refractivity contribution in [2.45, 2.75) is 24.4 Å². The molecule has 2 rings (SSSR count). The molecule has 0 amide bonds. The van der Waals surface area contributed by atoms with Crippen LogP contribution >= 0.6 is 0 Å². The van der Waals surface area contributed by atoms with Gasteiger partial charge in [-0.05, 0) is 0 Å². The van der Waals surface area contributed by atoms with Crippen LogP contribution in [0, 0.1) is 0 Å². The SMILES string of the molecule is CS(=O)(=O)N1C[C@@H](O)C2NCC(F)C21. The molecular weight excluding hydrogens is 211 g/mol. The van der Waals surface area contributed by atoms with Gasteiger partial charge in [0.05, 0.1) is 24.4 Å². The van der Waals surface area contributed by atoms with E-state index in [2.05, 4.69) is 5.32 Å². The normalized spacial score (nSPS) is 44.2. The highest BCUT2D eigenvalue weighted by Crippen LogP contribution is 2.29. The topological polar surface area (TPSA) is 69.6 Å². The highest BCUT2D eigenvalue weighted by atomic mass is 32.2. The van der Waals surface area contributed by atoms with Gasteiger partial charge in [0.2, 0.25) is 10.0 Å². The van der Waals surface area contributed by atoms with Crippen LogP contribution in [0.25, 0.3) is 0 Å². The molecule has 0 aromatic rings. The molecule has 14 heavy (non-hydrogen) atoms. The van der Waals surface area contributed by atoms with Crippen LogP contribution in [0.4, 0.5) is 4.39 Å². The number of aliphatic hydroxyl groups excluding tert-OH is 1. The van der Waals surface area contributed by atoms with Crippen molar-refractivity contribution >= 4 is 10.0 Å². The molecule has 0 bridgehead atoms. The van der Waals surface area contributed by atoms with Crippen molar-refractivity contribution < 1.29 is 17.9 Å². The van der Waals surface area contributed by atoms with Crippen molar-refractivity contribution in [3.8, 4) is 0 Å². The first-order chi connectivity index (χ1) is 6.41. The molecule has 0 aromatic carbocycles. The number of β-amino-alcohol motifs (C(OH)–C–C–N with tert-alkyl or cyclic N) is 1. The zero-order chi connectivity index (χ0) is 10.5. The summed E-state index contributed by atoms with van der Waals surface area (Å²) in [4.78, 5) is 0. The highest BCUT2D eigenvalue weighted by Gasteiger charge is 2.52. The molecule has 3 unspecified atom stereocenters. The van der Waals surface area contributed by atoms with Gasteiger partial charge in [-0.25, -0.2) is 12.8 Å². The van der Waals surface area contributed by atoms with Crippen molar-refractivity contribution in [3.63, 3.8) is 0 Å². The Kier molecular flexibility index (Phi) is 2.30. The van der Waals surface area contributed by atoms with E-state index in [1.165, 1.54) is 0 Å². The lowest BCUT2D eigenvalue weighted by molar-refractivity contribution is 0.163. The Labute approximate surface area is 81.9 Å². The lowest BCUT2D eigenvalue weighted by atomic mass is 10.1. The van der Waals surface area contributed by atoms with E-state index in [-0.39, 0.29) is 13.1 Å². The number of alkyl halides is 1. The van der Waals surface area contributed by atoms with Crippen LogP contribution in [0.3, 0.4) is 0 Å². The van der Waals surface area contributed by atoms with Crippen molar-refractivity contribution in [1.82, 2.24) is 9.62 Å². The van der Waals surface area contributed by atoms with E-state index in [0.29, 0.717) is 0 Å². The van der Waals surface area contributed by atoms with Crippen molar-refractivity contribution in [2.75, 3.05) is 19.3 Å². The molecule has 2 aliphatic heterocycles. The molecule has 0 aromatic heterocycles. The van der Waals surface area contributed by atoms with Crippen molar-refractivity contribution in [3.05, 3.63) is 0 Å². The van der Waals surface area contributed by atoms with Crippen LogP contribution in [0.15, 0.2) is 0 Å². The Morgan fingerprint density at radius 1 is 1.57 bits per heavy atom. The average Bonchev–Trinajstić information content (AvgIpc) is 2.54. The summed E-state index contributed by atoms with van der Waals surface area (Å²) < 4.78 is 37.0. The van der Waals surface area contributed by atoms with Gasteiger partial charge in [0, 0.05) is 13.1 Å². The molecule has 2 N–H and O–H groups in total. The molecular formula is C7H13FN2O3S. The number of fused-ring (bicyclic) bond motifs is 1. The molecule has 0 aliphatic carbocycles. The number of sulfonamides is 1. The fourth-order valence-corrected chi connectivity index (χ4v) is 3.34. The Balaban J connectivity index is 2.29. The Bertz CT molecular complexity index is 334. The summed E-state index contributed by atoms with van der Waals surface area (Å²) in [7, 11) is -3.43. The highest BCUT2D eigenvalue weighted by molar-refractivity contribution is 7.88. The van der Waals surface area contributed by atoms with Gasteiger partial charge in [0.15, 0.2) is 0 Å². The zero-order valence-corrected chi connectivity index (χ0v) is 8.54. The molecule has 82 valence electrons. The maximum atomic E-state index is 13.4. The van der Waals surface area contributed by atoms with Gasteiger partial charge in [-0.2, -0.15) is 4.31 Å². The van der Waals surface area contributed by atoms with E-state index < -0.39 is 34.4 Å². The molecule has 4 atom stereocenters. The van der Waals surface area contributed by atoms with Crippen LogP contribution < -0.4 is 5.32 Å². The number of halogens is 1. The second kappa shape index (κ2) is 3.13. The van der Waals surface area contributed by atoms with Crippen molar-refractivity contribution in [1.29, 1.82) is 0 Å². The summed E-state index contributed by atoms with van der Waals surface area (Å²) in [5.74, 6) is 0. The smallest absolute Gasteiger partial charge is 0.211 e. The summed E-state index contributed by atoms with van der Waals surface area (Å²) in [5.41, 5.74) is 0. The van der Waals surface area contributed by atoms with Crippen LogP contribution in [0.5, 0.6) is 0 Å². The number of rotatable bonds is 1. The number of hydrogen-bond acceptors (Lipinski definition) is 4. The molecule has 2 aliphatic rings. The first-order valence-corrected chi connectivity index (χ1v) is 6.28. The predicted octanol–water partition coefficient (Wildman–Crippen LogP) is -1.70. The molecule has 5 nitrogen and oxygen atoms in total. The Morgan fingerprint density at radius 3 is 2.79 bits per heavy atom. The van der Waals surface area contributed by atoms with Gasteiger partial charge < -0.3 is 10.4 Å². The van der Waals surface area contributed by atoms with Gasteiger partial charge in [0.25, 0.3) is 0 Å². The summed E-state index contributed by atoms with van der Waals surface area (Å²) in [5, 5.41) is 12.3.